The molecule has 1 aromatic carbocycles. The van der Waals surface area contributed by atoms with Crippen LogP contribution in [0.4, 0.5) is 0 Å². The highest BCUT2D eigenvalue weighted by molar-refractivity contribution is 14.0. The van der Waals surface area contributed by atoms with E-state index in [0.29, 0.717) is 0 Å². The van der Waals surface area contributed by atoms with E-state index >= 15 is 0 Å². The molecule has 5 nitrogen and oxygen atoms in total. The van der Waals surface area contributed by atoms with Gasteiger partial charge in [0.1, 0.15) is 0 Å². The quantitative estimate of drug-likeness (QED) is 0.286. The van der Waals surface area contributed by atoms with Gasteiger partial charge in [-0.05, 0) is 23.6 Å². The summed E-state index contributed by atoms with van der Waals surface area (Å²) >= 11 is 0. The minimum Gasteiger partial charge on any atom is -0.356 e. The SMILES string of the molecule is CCCCCNC(=NC)NCc1cccc(Cn2cccn2)c1.I. The molecule has 0 radical (unpaired) electrons. The van der Waals surface area contributed by atoms with Crippen LogP contribution in [0.1, 0.15) is 37.3 Å². The zero-order valence-corrected chi connectivity index (χ0v) is 16.9. The molecule has 0 atom stereocenters. The molecule has 0 spiro atoms. The number of aliphatic imine (C=N–C) groups is 1. The van der Waals surface area contributed by atoms with Gasteiger partial charge in [-0.3, -0.25) is 9.67 Å². The van der Waals surface area contributed by atoms with E-state index in [1.54, 1.807) is 6.20 Å². The van der Waals surface area contributed by atoms with Gasteiger partial charge in [-0.15, -0.1) is 24.0 Å². The zero-order chi connectivity index (χ0) is 16.3. The zero-order valence-electron chi connectivity index (χ0n) is 14.5. The van der Waals surface area contributed by atoms with Gasteiger partial charge in [-0.1, -0.05) is 44.0 Å². The number of nitrogens with one attached hydrogen (secondary N) is 2. The van der Waals surface area contributed by atoms with Crippen LogP contribution in [0.15, 0.2) is 47.7 Å². The number of hydrogen-bond donors (Lipinski definition) is 2. The molecule has 0 fully saturated rings. The molecule has 2 rings (SSSR count). The van der Waals surface area contributed by atoms with E-state index in [4.69, 9.17) is 0 Å². The maximum atomic E-state index is 4.26. The first-order chi connectivity index (χ1) is 11.3. The molecule has 6 heteroatoms. The Morgan fingerprint density at radius 1 is 1.17 bits per heavy atom. The van der Waals surface area contributed by atoms with Crippen LogP contribution in [0, 0.1) is 0 Å². The number of nitrogens with zero attached hydrogens (tertiary/aromatic N) is 3. The lowest BCUT2D eigenvalue weighted by molar-refractivity contribution is 0.680. The Morgan fingerprint density at radius 2 is 2.00 bits per heavy atom. The summed E-state index contributed by atoms with van der Waals surface area (Å²) < 4.78 is 1.93. The van der Waals surface area contributed by atoms with Crippen molar-refractivity contribution >= 4 is 29.9 Å². The minimum absolute atomic E-state index is 0. The number of halogens is 1. The highest BCUT2D eigenvalue weighted by Gasteiger charge is 2.00. The number of rotatable bonds is 8. The van der Waals surface area contributed by atoms with Crippen molar-refractivity contribution in [2.45, 2.75) is 39.3 Å². The lowest BCUT2D eigenvalue weighted by Crippen LogP contribution is -2.37. The highest BCUT2D eigenvalue weighted by Crippen LogP contribution is 2.07. The van der Waals surface area contributed by atoms with Gasteiger partial charge in [0.25, 0.3) is 0 Å². The van der Waals surface area contributed by atoms with Crippen molar-refractivity contribution < 1.29 is 0 Å². The summed E-state index contributed by atoms with van der Waals surface area (Å²) in [4.78, 5) is 4.26. The van der Waals surface area contributed by atoms with Gasteiger partial charge in [-0.25, -0.2) is 0 Å². The fourth-order valence-corrected chi connectivity index (χ4v) is 2.41. The second-order valence-corrected chi connectivity index (χ2v) is 5.58. The van der Waals surface area contributed by atoms with Crippen LogP contribution in [0.25, 0.3) is 0 Å². The average Bonchev–Trinajstić information content (AvgIpc) is 3.07. The smallest absolute Gasteiger partial charge is 0.191 e. The molecule has 0 saturated heterocycles. The van der Waals surface area contributed by atoms with Gasteiger partial charge in [0, 0.05) is 32.5 Å². The van der Waals surface area contributed by atoms with Gasteiger partial charge in [0.05, 0.1) is 6.54 Å². The molecule has 1 heterocycles. The maximum Gasteiger partial charge on any atom is 0.191 e. The van der Waals surface area contributed by atoms with Crippen molar-refractivity contribution in [2.75, 3.05) is 13.6 Å². The molecule has 2 N–H and O–H groups in total. The average molecular weight is 441 g/mol. The summed E-state index contributed by atoms with van der Waals surface area (Å²) in [6.07, 6.45) is 7.44. The van der Waals surface area contributed by atoms with Crippen LogP contribution < -0.4 is 10.6 Å². The predicted octanol–water partition coefficient (Wildman–Crippen LogP) is 3.40. The van der Waals surface area contributed by atoms with Crippen molar-refractivity contribution in [2.24, 2.45) is 4.99 Å². The van der Waals surface area contributed by atoms with Crippen LogP contribution in [-0.4, -0.2) is 29.3 Å². The minimum atomic E-state index is 0. The molecule has 0 bridgehead atoms. The summed E-state index contributed by atoms with van der Waals surface area (Å²) in [5, 5.41) is 11.0. The van der Waals surface area contributed by atoms with Crippen molar-refractivity contribution in [3.63, 3.8) is 0 Å². The number of unbranched alkanes of at least 4 members (excludes halogenated alkanes) is 2. The molecule has 24 heavy (non-hydrogen) atoms. The van der Waals surface area contributed by atoms with Crippen LogP contribution >= 0.6 is 24.0 Å². The van der Waals surface area contributed by atoms with E-state index < -0.39 is 0 Å². The molecule has 0 saturated carbocycles. The Morgan fingerprint density at radius 3 is 2.71 bits per heavy atom. The van der Waals surface area contributed by atoms with E-state index in [-0.39, 0.29) is 24.0 Å². The molecule has 132 valence electrons. The topological polar surface area (TPSA) is 54.2 Å². The largest absolute Gasteiger partial charge is 0.356 e. The third-order valence-corrected chi connectivity index (χ3v) is 3.65. The van der Waals surface area contributed by atoms with E-state index in [1.165, 1.54) is 30.4 Å². The van der Waals surface area contributed by atoms with Crippen molar-refractivity contribution in [1.82, 2.24) is 20.4 Å². The fourth-order valence-electron chi connectivity index (χ4n) is 2.41. The van der Waals surface area contributed by atoms with Gasteiger partial charge >= 0.3 is 0 Å². The van der Waals surface area contributed by atoms with Gasteiger partial charge in [0.2, 0.25) is 0 Å². The van der Waals surface area contributed by atoms with Crippen LogP contribution in [0.2, 0.25) is 0 Å². The summed E-state index contributed by atoms with van der Waals surface area (Å²) in [6, 6.07) is 10.5. The first-order valence-corrected chi connectivity index (χ1v) is 8.31. The maximum absolute atomic E-state index is 4.26. The molecule has 0 aliphatic heterocycles. The van der Waals surface area contributed by atoms with Crippen LogP contribution in [0.3, 0.4) is 0 Å². The molecular formula is C18H28IN5. The van der Waals surface area contributed by atoms with Gasteiger partial charge < -0.3 is 10.6 Å². The third-order valence-electron chi connectivity index (χ3n) is 3.65. The first-order valence-electron chi connectivity index (χ1n) is 8.31. The molecule has 2 aromatic rings. The van der Waals surface area contributed by atoms with Crippen molar-refractivity contribution in [3.05, 3.63) is 53.9 Å². The Bertz CT molecular complexity index is 595. The number of guanidine groups is 1. The Hall–Kier alpha value is -1.57. The molecule has 0 aliphatic carbocycles. The second-order valence-electron chi connectivity index (χ2n) is 5.58. The number of hydrogen-bond acceptors (Lipinski definition) is 2. The van der Waals surface area contributed by atoms with Crippen molar-refractivity contribution in [3.8, 4) is 0 Å². The molecular weight excluding hydrogens is 413 g/mol. The summed E-state index contributed by atoms with van der Waals surface area (Å²) in [5.74, 6) is 0.860. The van der Waals surface area contributed by atoms with Gasteiger partial charge in [-0.2, -0.15) is 5.10 Å². The number of aromatic nitrogens is 2. The van der Waals surface area contributed by atoms with E-state index in [2.05, 4.69) is 51.9 Å². The normalized spacial score (nSPS) is 11.0. The van der Waals surface area contributed by atoms with Crippen LogP contribution in [-0.2, 0) is 13.1 Å². The Kier molecular flexibility index (Phi) is 10.1. The summed E-state index contributed by atoms with van der Waals surface area (Å²) in [7, 11) is 1.81. The molecule has 0 unspecified atom stereocenters. The lowest BCUT2D eigenvalue weighted by atomic mass is 10.1. The van der Waals surface area contributed by atoms with E-state index in [1.807, 2.05) is 24.0 Å². The Labute approximate surface area is 162 Å². The van der Waals surface area contributed by atoms with E-state index in [9.17, 15) is 0 Å². The molecule has 1 aromatic heterocycles. The summed E-state index contributed by atoms with van der Waals surface area (Å²) in [6.45, 7) is 4.74. The second kappa shape index (κ2) is 11.9. The lowest BCUT2D eigenvalue weighted by Gasteiger charge is -2.12. The standard InChI is InChI=1S/C18H27N5.HI/c1-3-4-5-10-20-18(19-2)21-14-16-8-6-9-17(13-16)15-23-12-7-11-22-23;/h6-9,11-13H,3-5,10,14-15H2,1-2H3,(H2,19,20,21);1H. The molecule has 0 aliphatic rings. The monoisotopic (exact) mass is 441 g/mol. The Balaban J connectivity index is 0.00000288. The van der Waals surface area contributed by atoms with Crippen molar-refractivity contribution in [1.29, 1.82) is 0 Å². The third kappa shape index (κ3) is 7.33. The summed E-state index contributed by atoms with van der Waals surface area (Å²) in [5.41, 5.74) is 2.49. The van der Waals surface area contributed by atoms with Gasteiger partial charge in [0.15, 0.2) is 5.96 Å². The number of benzene rings is 1. The first kappa shape index (κ1) is 20.5. The fraction of sp³-hybridized carbons (Fsp3) is 0.444. The van der Waals surface area contributed by atoms with Crippen LogP contribution in [0.5, 0.6) is 0 Å². The van der Waals surface area contributed by atoms with E-state index in [0.717, 1.165) is 25.6 Å². The predicted molar refractivity (Wildman–Crippen MR) is 111 cm³/mol. The molecule has 0 amide bonds. The highest BCUT2D eigenvalue weighted by atomic mass is 127.